The third kappa shape index (κ3) is 2.04. The Hall–Kier alpha value is -0.850. The molecule has 1 unspecified atom stereocenters. The molecule has 0 saturated heterocycles. The molecule has 0 aromatic rings. The number of carbonyl (C=O) groups excluding carboxylic acids is 1. The van der Waals surface area contributed by atoms with E-state index in [4.69, 9.17) is 0 Å². The molecular weight excluding hydrogens is 136 g/mol. The van der Waals surface area contributed by atoms with E-state index in [-0.39, 0.29) is 0 Å². The summed E-state index contributed by atoms with van der Waals surface area (Å²) in [6.45, 7) is 5.83. The number of rotatable bonds is 2. The van der Waals surface area contributed by atoms with E-state index < -0.39 is 0 Å². The minimum atomic E-state index is 0.321. The zero-order chi connectivity index (χ0) is 8.27. The van der Waals surface area contributed by atoms with Gasteiger partial charge in [0.15, 0.2) is 0 Å². The first-order chi connectivity index (χ1) is 5.24. The van der Waals surface area contributed by atoms with Crippen LogP contribution >= 0.6 is 0 Å². The normalized spacial score (nSPS) is 24.1. The maximum atomic E-state index is 10.4. The van der Waals surface area contributed by atoms with E-state index in [2.05, 4.69) is 19.6 Å². The molecular formula is C10H14O. The van der Waals surface area contributed by atoms with Gasteiger partial charge in [0.2, 0.25) is 0 Å². The lowest BCUT2D eigenvalue weighted by atomic mass is 9.87. The Kier molecular flexibility index (Phi) is 2.64. The zero-order valence-corrected chi connectivity index (χ0v) is 6.97. The van der Waals surface area contributed by atoms with Crippen molar-refractivity contribution < 1.29 is 4.79 Å². The van der Waals surface area contributed by atoms with E-state index in [9.17, 15) is 4.79 Å². The molecule has 0 N–H and O–H groups in total. The fourth-order valence-electron chi connectivity index (χ4n) is 1.49. The fraction of sp³-hybridized carbons (Fsp3) is 0.500. The lowest BCUT2D eigenvalue weighted by molar-refractivity contribution is -0.105. The molecule has 0 aromatic carbocycles. The van der Waals surface area contributed by atoms with Crippen molar-refractivity contribution in [1.29, 1.82) is 0 Å². The first-order valence-electron chi connectivity index (χ1n) is 4.05. The molecule has 0 fully saturated rings. The van der Waals surface area contributed by atoms with E-state index >= 15 is 0 Å². The maximum absolute atomic E-state index is 10.4. The van der Waals surface area contributed by atoms with Crippen LogP contribution in [0.2, 0.25) is 0 Å². The number of aldehydes is 1. The Morgan fingerprint density at radius 1 is 1.82 bits per heavy atom. The van der Waals surface area contributed by atoms with Gasteiger partial charge in [-0.15, -0.1) is 0 Å². The summed E-state index contributed by atoms with van der Waals surface area (Å²) in [5.74, 6) is 0.321. The van der Waals surface area contributed by atoms with E-state index in [0.717, 1.165) is 18.3 Å². The van der Waals surface area contributed by atoms with Crippen LogP contribution in [0.1, 0.15) is 26.2 Å². The van der Waals surface area contributed by atoms with E-state index in [1.807, 2.05) is 0 Å². The molecule has 0 aliphatic heterocycles. The Balaban J connectivity index is 2.66. The van der Waals surface area contributed by atoms with E-state index in [1.165, 1.54) is 18.4 Å². The molecule has 1 rings (SSSR count). The van der Waals surface area contributed by atoms with Gasteiger partial charge in [-0.05, 0) is 31.8 Å². The number of hydrogen-bond donors (Lipinski definition) is 0. The highest BCUT2D eigenvalue weighted by Crippen LogP contribution is 2.26. The molecule has 1 heteroatoms. The summed E-state index contributed by atoms with van der Waals surface area (Å²) >= 11 is 0. The quantitative estimate of drug-likeness (QED) is 0.336. The van der Waals surface area contributed by atoms with Crippen molar-refractivity contribution >= 4 is 6.29 Å². The highest BCUT2D eigenvalue weighted by atomic mass is 16.1. The van der Waals surface area contributed by atoms with Crippen molar-refractivity contribution in [2.24, 2.45) is 5.92 Å². The summed E-state index contributed by atoms with van der Waals surface area (Å²) in [6.07, 6.45) is 6.51. The van der Waals surface area contributed by atoms with Crippen molar-refractivity contribution in [1.82, 2.24) is 0 Å². The minimum absolute atomic E-state index is 0.321. The highest BCUT2D eigenvalue weighted by Gasteiger charge is 2.13. The SMILES string of the molecule is C=C(C=O)C1C=C(C)CCC1. The lowest BCUT2D eigenvalue weighted by Gasteiger charge is -2.18. The van der Waals surface area contributed by atoms with Crippen LogP contribution in [-0.4, -0.2) is 6.29 Å². The first kappa shape index (κ1) is 8.25. The van der Waals surface area contributed by atoms with Gasteiger partial charge in [0, 0.05) is 5.92 Å². The maximum Gasteiger partial charge on any atom is 0.146 e. The average Bonchev–Trinajstić information content (AvgIpc) is 2.03. The molecule has 0 spiro atoms. The number of carbonyl (C=O) groups is 1. The molecule has 60 valence electrons. The Morgan fingerprint density at radius 3 is 3.09 bits per heavy atom. The molecule has 1 atom stereocenters. The largest absolute Gasteiger partial charge is 0.298 e. The van der Waals surface area contributed by atoms with Crippen LogP contribution in [0, 0.1) is 5.92 Å². The average molecular weight is 150 g/mol. The van der Waals surface area contributed by atoms with Crippen molar-refractivity contribution in [2.75, 3.05) is 0 Å². The van der Waals surface area contributed by atoms with Gasteiger partial charge in [-0.1, -0.05) is 18.2 Å². The Labute approximate surface area is 67.8 Å². The highest BCUT2D eigenvalue weighted by molar-refractivity contribution is 5.73. The molecule has 0 amide bonds. The van der Waals surface area contributed by atoms with Gasteiger partial charge in [0.1, 0.15) is 6.29 Å². The molecule has 0 saturated carbocycles. The van der Waals surface area contributed by atoms with Crippen molar-refractivity contribution in [3.63, 3.8) is 0 Å². The van der Waals surface area contributed by atoms with Gasteiger partial charge in [0.25, 0.3) is 0 Å². The van der Waals surface area contributed by atoms with E-state index in [0.29, 0.717) is 5.92 Å². The van der Waals surface area contributed by atoms with Crippen LogP contribution in [-0.2, 0) is 4.79 Å². The van der Waals surface area contributed by atoms with Gasteiger partial charge in [-0.3, -0.25) is 4.79 Å². The second-order valence-electron chi connectivity index (χ2n) is 3.20. The molecule has 1 nitrogen and oxygen atoms in total. The van der Waals surface area contributed by atoms with Gasteiger partial charge < -0.3 is 0 Å². The molecule has 11 heavy (non-hydrogen) atoms. The van der Waals surface area contributed by atoms with Crippen molar-refractivity contribution in [3.8, 4) is 0 Å². The van der Waals surface area contributed by atoms with Gasteiger partial charge >= 0.3 is 0 Å². The predicted octanol–water partition coefficient (Wildman–Crippen LogP) is 2.49. The van der Waals surface area contributed by atoms with Gasteiger partial charge in [-0.25, -0.2) is 0 Å². The molecule has 0 bridgehead atoms. The van der Waals surface area contributed by atoms with Crippen molar-refractivity contribution in [2.45, 2.75) is 26.2 Å². The summed E-state index contributed by atoms with van der Waals surface area (Å²) < 4.78 is 0. The molecule has 0 heterocycles. The number of allylic oxidation sites excluding steroid dienone is 3. The van der Waals surface area contributed by atoms with Crippen LogP contribution in [0.4, 0.5) is 0 Å². The number of hydrogen-bond acceptors (Lipinski definition) is 1. The predicted molar refractivity (Wildman–Crippen MR) is 46.3 cm³/mol. The summed E-state index contributed by atoms with van der Waals surface area (Å²) in [6, 6.07) is 0. The lowest BCUT2D eigenvalue weighted by Crippen LogP contribution is -2.06. The van der Waals surface area contributed by atoms with Crippen LogP contribution in [0.5, 0.6) is 0 Å². The molecule has 1 aliphatic rings. The van der Waals surface area contributed by atoms with E-state index in [1.54, 1.807) is 0 Å². The first-order valence-corrected chi connectivity index (χ1v) is 4.05. The topological polar surface area (TPSA) is 17.1 Å². The summed E-state index contributed by atoms with van der Waals surface area (Å²) in [4.78, 5) is 10.4. The van der Waals surface area contributed by atoms with Gasteiger partial charge in [-0.2, -0.15) is 0 Å². The molecule has 1 aliphatic carbocycles. The third-order valence-corrected chi connectivity index (χ3v) is 2.20. The standard InChI is InChI=1S/C10H14O/c1-8-4-3-5-10(6-8)9(2)7-11/h6-7,10H,2-5H2,1H3. The smallest absolute Gasteiger partial charge is 0.146 e. The Bertz CT molecular complexity index is 201. The molecule has 0 aromatic heterocycles. The van der Waals surface area contributed by atoms with Crippen LogP contribution in [0.15, 0.2) is 23.8 Å². The third-order valence-electron chi connectivity index (χ3n) is 2.20. The second kappa shape index (κ2) is 3.51. The monoisotopic (exact) mass is 150 g/mol. The second-order valence-corrected chi connectivity index (χ2v) is 3.20. The van der Waals surface area contributed by atoms with Crippen LogP contribution in [0.3, 0.4) is 0 Å². The zero-order valence-electron chi connectivity index (χ0n) is 6.97. The Morgan fingerprint density at radius 2 is 2.55 bits per heavy atom. The molecule has 0 radical (unpaired) electrons. The van der Waals surface area contributed by atoms with Crippen LogP contribution < -0.4 is 0 Å². The van der Waals surface area contributed by atoms with Crippen LogP contribution in [0.25, 0.3) is 0 Å². The van der Waals surface area contributed by atoms with Crippen molar-refractivity contribution in [3.05, 3.63) is 23.8 Å². The minimum Gasteiger partial charge on any atom is -0.298 e. The van der Waals surface area contributed by atoms with Gasteiger partial charge in [0.05, 0.1) is 0 Å². The summed E-state index contributed by atoms with van der Waals surface area (Å²) in [5, 5.41) is 0. The summed E-state index contributed by atoms with van der Waals surface area (Å²) in [5.41, 5.74) is 2.12. The fourth-order valence-corrected chi connectivity index (χ4v) is 1.49. The summed E-state index contributed by atoms with van der Waals surface area (Å²) in [7, 11) is 0.